The van der Waals surface area contributed by atoms with Crippen molar-refractivity contribution in [3.63, 3.8) is 0 Å². The van der Waals surface area contributed by atoms with Gasteiger partial charge in [0.1, 0.15) is 6.04 Å². The molecule has 20 heavy (non-hydrogen) atoms. The number of aromatic nitrogens is 1. The Labute approximate surface area is 125 Å². The van der Waals surface area contributed by atoms with Gasteiger partial charge in [-0.05, 0) is 28.9 Å². The quantitative estimate of drug-likeness (QED) is 0.883. The van der Waals surface area contributed by atoms with Crippen LogP contribution >= 0.6 is 15.9 Å². The Morgan fingerprint density at radius 2 is 2.10 bits per heavy atom. The molecule has 2 heterocycles. The Kier molecular flexibility index (Phi) is 5.08. The highest BCUT2D eigenvalue weighted by atomic mass is 79.9. The fourth-order valence-electron chi connectivity index (χ4n) is 1.94. The lowest BCUT2D eigenvalue weighted by molar-refractivity contribution is -0.136. The molecule has 0 saturated carbocycles. The zero-order valence-electron chi connectivity index (χ0n) is 11.1. The van der Waals surface area contributed by atoms with Crippen molar-refractivity contribution in [3.8, 4) is 0 Å². The van der Waals surface area contributed by atoms with E-state index in [9.17, 15) is 9.59 Å². The summed E-state index contributed by atoms with van der Waals surface area (Å²) in [6.45, 7) is 3.90. The first-order valence-corrected chi connectivity index (χ1v) is 7.15. The van der Waals surface area contributed by atoms with Gasteiger partial charge in [0, 0.05) is 30.0 Å². The molecule has 2 rings (SSSR count). The van der Waals surface area contributed by atoms with Gasteiger partial charge < -0.3 is 15.0 Å². The van der Waals surface area contributed by atoms with Crippen molar-refractivity contribution in [3.05, 3.63) is 28.5 Å². The summed E-state index contributed by atoms with van der Waals surface area (Å²) < 4.78 is 5.92. The van der Waals surface area contributed by atoms with Crippen LogP contribution in [0.5, 0.6) is 0 Å². The van der Waals surface area contributed by atoms with Crippen LogP contribution in [-0.4, -0.2) is 54.0 Å². The number of nitrogens with zero attached hydrogens (tertiary/aromatic N) is 2. The van der Waals surface area contributed by atoms with E-state index in [-0.39, 0.29) is 11.8 Å². The molecule has 1 aliphatic heterocycles. The molecule has 0 spiro atoms. The van der Waals surface area contributed by atoms with Crippen molar-refractivity contribution in [1.29, 1.82) is 0 Å². The van der Waals surface area contributed by atoms with Gasteiger partial charge in [0.15, 0.2) is 0 Å². The molecule has 1 aliphatic rings. The van der Waals surface area contributed by atoms with Crippen LogP contribution in [0.4, 0.5) is 0 Å². The number of nitrogens with one attached hydrogen (secondary N) is 1. The maximum atomic E-state index is 12.2. The number of halogens is 1. The van der Waals surface area contributed by atoms with Crippen molar-refractivity contribution in [2.75, 3.05) is 26.3 Å². The number of carbonyl (C=O) groups is 2. The van der Waals surface area contributed by atoms with Gasteiger partial charge in [0.2, 0.25) is 5.91 Å². The Morgan fingerprint density at radius 3 is 2.75 bits per heavy atom. The van der Waals surface area contributed by atoms with Crippen molar-refractivity contribution in [2.45, 2.75) is 13.0 Å². The minimum absolute atomic E-state index is 0.0930. The number of amides is 2. The van der Waals surface area contributed by atoms with Crippen molar-refractivity contribution >= 4 is 27.7 Å². The molecule has 0 bridgehead atoms. The van der Waals surface area contributed by atoms with Gasteiger partial charge in [-0.1, -0.05) is 0 Å². The van der Waals surface area contributed by atoms with Crippen LogP contribution in [0.1, 0.15) is 17.3 Å². The summed E-state index contributed by atoms with van der Waals surface area (Å²) in [6.07, 6.45) is 3.06. The minimum Gasteiger partial charge on any atom is -0.378 e. The van der Waals surface area contributed by atoms with E-state index in [1.165, 1.54) is 6.20 Å². The Balaban J connectivity index is 1.94. The highest BCUT2D eigenvalue weighted by Crippen LogP contribution is 2.10. The van der Waals surface area contributed by atoms with Crippen LogP contribution < -0.4 is 5.32 Å². The molecule has 0 aromatic carbocycles. The largest absolute Gasteiger partial charge is 0.378 e. The predicted octanol–water partition coefficient (Wildman–Crippen LogP) is 0.821. The van der Waals surface area contributed by atoms with Crippen molar-refractivity contribution < 1.29 is 14.3 Å². The lowest BCUT2D eigenvalue weighted by Crippen LogP contribution is -2.50. The number of carbonyl (C=O) groups excluding carboxylic acids is 2. The molecule has 2 amide bonds. The van der Waals surface area contributed by atoms with Crippen LogP contribution in [-0.2, 0) is 9.53 Å². The fourth-order valence-corrected chi connectivity index (χ4v) is 2.30. The van der Waals surface area contributed by atoms with Gasteiger partial charge in [-0.25, -0.2) is 0 Å². The summed E-state index contributed by atoms with van der Waals surface area (Å²) in [4.78, 5) is 29.8. The third-order valence-corrected chi connectivity index (χ3v) is 3.44. The molecule has 1 atom stereocenters. The molecular weight excluding hydrogens is 326 g/mol. The van der Waals surface area contributed by atoms with Gasteiger partial charge >= 0.3 is 0 Å². The number of hydrogen-bond donors (Lipinski definition) is 1. The molecule has 1 aromatic rings. The molecule has 1 fully saturated rings. The van der Waals surface area contributed by atoms with E-state index in [0.29, 0.717) is 31.9 Å². The molecule has 1 N–H and O–H groups in total. The average Bonchev–Trinajstić information content (AvgIpc) is 2.47. The zero-order valence-corrected chi connectivity index (χ0v) is 12.7. The summed E-state index contributed by atoms with van der Waals surface area (Å²) in [7, 11) is 0. The summed E-state index contributed by atoms with van der Waals surface area (Å²) in [5.74, 6) is -0.405. The lowest BCUT2D eigenvalue weighted by atomic mass is 10.2. The van der Waals surface area contributed by atoms with E-state index < -0.39 is 6.04 Å². The topological polar surface area (TPSA) is 71.5 Å². The molecule has 0 unspecified atom stereocenters. The summed E-state index contributed by atoms with van der Waals surface area (Å²) in [5.41, 5.74) is 0.418. The number of rotatable bonds is 3. The molecule has 0 radical (unpaired) electrons. The first-order valence-electron chi connectivity index (χ1n) is 6.36. The third kappa shape index (κ3) is 3.77. The Bertz CT molecular complexity index is 503. The van der Waals surface area contributed by atoms with Crippen molar-refractivity contribution in [2.24, 2.45) is 0 Å². The van der Waals surface area contributed by atoms with Gasteiger partial charge in [-0.15, -0.1) is 0 Å². The predicted molar refractivity (Wildman–Crippen MR) is 76.3 cm³/mol. The molecular formula is C13H16BrN3O3. The fraction of sp³-hybridized carbons (Fsp3) is 0.462. The SMILES string of the molecule is C[C@H](NC(=O)c1cncc(Br)c1)C(=O)N1CCOCC1. The smallest absolute Gasteiger partial charge is 0.253 e. The molecule has 108 valence electrons. The summed E-state index contributed by atoms with van der Waals surface area (Å²) >= 11 is 3.26. The summed E-state index contributed by atoms with van der Waals surface area (Å²) in [5, 5.41) is 2.69. The Hall–Kier alpha value is -1.47. The standard InChI is InChI=1S/C13H16BrN3O3/c1-9(13(19)17-2-4-20-5-3-17)16-12(18)10-6-11(14)8-15-7-10/h6-9H,2-5H2,1H3,(H,16,18)/t9-/m0/s1. The highest BCUT2D eigenvalue weighted by Gasteiger charge is 2.24. The van der Waals surface area contributed by atoms with Crippen LogP contribution in [0.3, 0.4) is 0 Å². The first-order chi connectivity index (χ1) is 9.58. The molecule has 1 saturated heterocycles. The first kappa shape index (κ1) is 14.9. The third-order valence-electron chi connectivity index (χ3n) is 3.01. The second-order valence-electron chi connectivity index (χ2n) is 4.52. The maximum Gasteiger partial charge on any atom is 0.253 e. The van der Waals surface area contributed by atoms with Gasteiger partial charge in [0.05, 0.1) is 18.8 Å². The number of morpholine rings is 1. The zero-order chi connectivity index (χ0) is 14.5. The number of ether oxygens (including phenoxy) is 1. The highest BCUT2D eigenvalue weighted by molar-refractivity contribution is 9.10. The van der Waals surface area contributed by atoms with E-state index in [4.69, 9.17) is 4.74 Å². The molecule has 7 heteroatoms. The minimum atomic E-state index is -0.570. The van der Waals surface area contributed by atoms with Gasteiger partial charge in [-0.2, -0.15) is 0 Å². The lowest BCUT2D eigenvalue weighted by Gasteiger charge is -2.29. The second-order valence-corrected chi connectivity index (χ2v) is 5.44. The van der Waals surface area contributed by atoms with Crippen LogP contribution in [0.15, 0.2) is 22.9 Å². The van der Waals surface area contributed by atoms with E-state index in [1.807, 2.05) is 0 Å². The number of pyridine rings is 1. The monoisotopic (exact) mass is 341 g/mol. The Morgan fingerprint density at radius 1 is 1.40 bits per heavy atom. The van der Waals surface area contributed by atoms with Gasteiger partial charge in [-0.3, -0.25) is 14.6 Å². The van der Waals surface area contributed by atoms with E-state index >= 15 is 0 Å². The summed E-state index contributed by atoms with van der Waals surface area (Å²) in [6, 6.07) is 1.09. The molecule has 1 aromatic heterocycles. The van der Waals surface area contributed by atoms with E-state index in [0.717, 1.165) is 4.47 Å². The number of hydrogen-bond acceptors (Lipinski definition) is 4. The second kappa shape index (κ2) is 6.81. The van der Waals surface area contributed by atoms with Crippen LogP contribution in [0.25, 0.3) is 0 Å². The van der Waals surface area contributed by atoms with Gasteiger partial charge in [0.25, 0.3) is 5.91 Å². The van der Waals surface area contributed by atoms with E-state index in [2.05, 4.69) is 26.2 Å². The average molecular weight is 342 g/mol. The molecule has 6 nitrogen and oxygen atoms in total. The maximum absolute atomic E-state index is 12.2. The molecule has 0 aliphatic carbocycles. The normalized spacial score (nSPS) is 16.6. The van der Waals surface area contributed by atoms with Crippen molar-refractivity contribution in [1.82, 2.24) is 15.2 Å². The van der Waals surface area contributed by atoms with Crippen LogP contribution in [0, 0.1) is 0 Å². The van der Waals surface area contributed by atoms with E-state index in [1.54, 1.807) is 24.1 Å². The van der Waals surface area contributed by atoms with Crippen LogP contribution in [0.2, 0.25) is 0 Å².